The summed E-state index contributed by atoms with van der Waals surface area (Å²) in [5.41, 5.74) is 1.85. The fourth-order valence-electron chi connectivity index (χ4n) is 4.03. The van der Waals surface area contributed by atoms with Crippen LogP contribution in [0.15, 0.2) is 83.7 Å². The van der Waals surface area contributed by atoms with Gasteiger partial charge in [0, 0.05) is 16.8 Å². The maximum Gasteiger partial charge on any atom is 0.266 e. The fourth-order valence-corrected chi connectivity index (χ4v) is 4.03. The number of pyridine rings is 1. The second-order valence-electron chi connectivity index (χ2n) is 7.44. The number of halogens is 1. The van der Waals surface area contributed by atoms with Gasteiger partial charge in [-0.1, -0.05) is 67.6 Å². The Kier molecular flexibility index (Phi) is 5.67. The summed E-state index contributed by atoms with van der Waals surface area (Å²) in [6.07, 6.45) is 0.694. The molecule has 1 amide bonds. The van der Waals surface area contributed by atoms with E-state index in [-0.39, 0.29) is 17.3 Å². The Hall–Kier alpha value is -3.73. The summed E-state index contributed by atoms with van der Waals surface area (Å²) in [5, 5.41) is 3.30. The normalized spacial score (nSPS) is 12.0. The van der Waals surface area contributed by atoms with Crippen LogP contribution in [0.2, 0.25) is 0 Å². The van der Waals surface area contributed by atoms with E-state index in [0.29, 0.717) is 28.8 Å². The molecule has 0 spiro atoms. The first-order valence-electron chi connectivity index (χ1n) is 10.3. The molecule has 0 radical (unpaired) electrons. The van der Waals surface area contributed by atoms with Gasteiger partial charge >= 0.3 is 0 Å². The highest BCUT2D eigenvalue weighted by molar-refractivity contribution is 6.08. The van der Waals surface area contributed by atoms with Crippen LogP contribution in [0.4, 0.5) is 4.39 Å². The summed E-state index contributed by atoms with van der Waals surface area (Å²) in [4.78, 5) is 26.7. The first kappa shape index (κ1) is 20.5. The Morgan fingerprint density at radius 1 is 0.968 bits per heavy atom. The molecule has 0 saturated heterocycles. The van der Waals surface area contributed by atoms with Gasteiger partial charge in [-0.2, -0.15) is 0 Å². The standard InChI is InChI=1S/C26H23FN2O2/c1-3-22(18-11-6-4-7-12-18)28-25(30)23-17(2)29(19-13-8-5-9-14-19)26(31)24-20(23)15-10-16-21(24)27/h4-16,22H,3H2,1-2H3,(H,28,30)/t22-/m0/s1. The summed E-state index contributed by atoms with van der Waals surface area (Å²) < 4.78 is 16.2. The van der Waals surface area contributed by atoms with Crippen LogP contribution >= 0.6 is 0 Å². The van der Waals surface area contributed by atoms with Gasteiger partial charge in [-0.25, -0.2) is 4.39 Å². The Labute approximate surface area is 180 Å². The number of nitrogens with zero attached hydrogens (tertiary/aromatic N) is 1. The van der Waals surface area contributed by atoms with E-state index in [1.165, 1.54) is 16.7 Å². The van der Waals surface area contributed by atoms with Crippen LogP contribution in [0.1, 0.15) is 41.0 Å². The van der Waals surface area contributed by atoms with E-state index in [2.05, 4.69) is 5.32 Å². The molecule has 0 aliphatic heterocycles. The van der Waals surface area contributed by atoms with E-state index < -0.39 is 11.4 Å². The van der Waals surface area contributed by atoms with Crippen LogP contribution in [-0.4, -0.2) is 10.5 Å². The topological polar surface area (TPSA) is 51.1 Å². The van der Waals surface area contributed by atoms with Crippen LogP contribution in [0.25, 0.3) is 16.5 Å². The minimum atomic E-state index is -0.642. The summed E-state index contributed by atoms with van der Waals surface area (Å²) in [7, 11) is 0. The van der Waals surface area contributed by atoms with Gasteiger partial charge in [-0.3, -0.25) is 14.2 Å². The number of nitrogens with one attached hydrogen (secondary N) is 1. The lowest BCUT2D eigenvalue weighted by atomic mass is 10.00. The zero-order valence-corrected chi connectivity index (χ0v) is 17.4. The molecule has 4 aromatic rings. The minimum absolute atomic E-state index is 0.0881. The quantitative estimate of drug-likeness (QED) is 0.481. The van der Waals surface area contributed by atoms with Crippen LogP contribution in [0, 0.1) is 12.7 Å². The number of para-hydroxylation sites is 1. The number of carbonyl (C=O) groups excluding carboxylic acids is 1. The van der Waals surface area contributed by atoms with E-state index in [1.54, 1.807) is 37.3 Å². The molecular formula is C26H23FN2O2. The van der Waals surface area contributed by atoms with Crippen molar-refractivity contribution in [3.8, 4) is 5.69 Å². The Morgan fingerprint density at radius 3 is 2.26 bits per heavy atom. The lowest BCUT2D eigenvalue weighted by Crippen LogP contribution is -2.32. The Morgan fingerprint density at radius 2 is 1.61 bits per heavy atom. The highest BCUT2D eigenvalue weighted by Gasteiger charge is 2.23. The summed E-state index contributed by atoms with van der Waals surface area (Å²) >= 11 is 0. The molecule has 1 N–H and O–H groups in total. The largest absolute Gasteiger partial charge is 0.345 e. The van der Waals surface area contributed by atoms with Crippen molar-refractivity contribution in [1.82, 2.24) is 9.88 Å². The number of hydrogen-bond acceptors (Lipinski definition) is 2. The van der Waals surface area contributed by atoms with Crippen molar-refractivity contribution < 1.29 is 9.18 Å². The second-order valence-corrected chi connectivity index (χ2v) is 7.44. The van der Waals surface area contributed by atoms with Crippen molar-refractivity contribution >= 4 is 16.7 Å². The first-order chi connectivity index (χ1) is 15.0. The molecule has 4 rings (SSSR count). The molecule has 1 heterocycles. The van der Waals surface area contributed by atoms with E-state index in [4.69, 9.17) is 0 Å². The van der Waals surface area contributed by atoms with E-state index in [1.807, 2.05) is 43.3 Å². The smallest absolute Gasteiger partial charge is 0.266 e. The highest BCUT2D eigenvalue weighted by atomic mass is 19.1. The SMILES string of the molecule is CC[C@H](NC(=O)c1c(C)n(-c2ccccc2)c(=O)c2c(F)cccc12)c1ccccc1. The maximum atomic E-state index is 14.8. The van der Waals surface area contributed by atoms with Gasteiger partial charge in [0.25, 0.3) is 11.5 Å². The third-order valence-corrected chi connectivity index (χ3v) is 5.55. The molecule has 0 aliphatic carbocycles. The second kappa shape index (κ2) is 8.56. The van der Waals surface area contributed by atoms with Gasteiger partial charge in [0.1, 0.15) is 5.82 Å². The third-order valence-electron chi connectivity index (χ3n) is 5.55. The van der Waals surface area contributed by atoms with Crippen molar-refractivity contribution in [2.45, 2.75) is 26.3 Å². The lowest BCUT2D eigenvalue weighted by Gasteiger charge is -2.21. The summed E-state index contributed by atoms with van der Waals surface area (Å²) in [6.45, 7) is 3.71. The van der Waals surface area contributed by atoms with E-state index >= 15 is 0 Å². The predicted molar refractivity (Wildman–Crippen MR) is 121 cm³/mol. The molecule has 0 bridgehead atoms. The lowest BCUT2D eigenvalue weighted by molar-refractivity contribution is 0.0936. The van der Waals surface area contributed by atoms with Crippen molar-refractivity contribution in [1.29, 1.82) is 0 Å². The fraction of sp³-hybridized carbons (Fsp3) is 0.154. The Balaban J connectivity index is 1.92. The molecule has 156 valence electrons. The molecule has 3 aromatic carbocycles. The Bertz CT molecular complexity index is 1300. The van der Waals surface area contributed by atoms with Gasteiger partial charge in [0.05, 0.1) is 17.0 Å². The molecule has 0 saturated carbocycles. The molecule has 0 fully saturated rings. The number of hydrogen-bond donors (Lipinski definition) is 1. The number of aromatic nitrogens is 1. The van der Waals surface area contributed by atoms with Gasteiger partial charge < -0.3 is 5.32 Å². The van der Waals surface area contributed by atoms with Gasteiger partial charge in [0.2, 0.25) is 0 Å². The molecule has 1 atom stereocenters. The average molecular weight is 414 g/mol. The van der Waals surface area contributed by atoms with Crippen LogP contribution in [-0.2, 0) is 0 Å². The highest BCUT2D eigenvalue weighted by Crippen LogP contribution is 2.25. The molecule has 5 heteroatoms. The third kappa shape index (κ3) is 3.75. The van der Waals surface area contributed by atoms with Gasteiger partial charge in [0.15, 0.2) is 0 Å². The molecule has 0 aliphatic rings. The van der Waals surface area contributed by atoms with E-state index in [0.717, 1.165) is 5.56 Å². The molecular weight excluding hydrogens is 391 g/mol. The molecule has 1 aromatic heterocycles. The van der Waals surface area contributed by atoms with Crippen molar-refractivity contribution in [2.75, 3.05) is 0 Å². The number of benzene rings is 3. The van der Waals surface area contributed by atoms with Crippen LogP contribution < -0.4 is 10.9 Å². The van der Waals surface area contributed by atoms with Gasteiger partial charge in [-0.15, -0.1) is 0 Å². The van der Waals surface area contributed by atoms with Crippen molar-refractivity contribution in [2.24, 2.45) is 0 Å². The zero-order chi connectivity index (χ0) is 22.0. The van der Waals surface area contributed by atoms with Crippen LogP contribution in [0.3, 0.4) is 0 Å². The van der Waals surface area contributed by atoms with Crippen LogP contribution in [0.5, 0.6) is 0 Å². The van der Waals surface area contributed by atoms with Crippen molar-refractivity contribution in [3.05, 3.63) is 112 Å². The average Bonchev–Trinajstić information content (AvgIpc) is 2.78. The predicted octanol–water partition coefficient (Wildman–Crippen LogP) is 5.32. The van der Waals surface area contributed by atoms with Gasteiger partial charge in [-0.05, 0) is 37.1 Å². The summed E-state index contributed by atoms with van der Waals surface area (Å²) in [6, 6.07) is 22.9. The number of rotatable bonds is 5. The number of fused-ring (bicyclic) bond motifs is 1. The summed E-state index contributed by atoms with van der Waals surface area (Å²) in [5.74, 6) is -0.982. The van der Waals surface area contributed by atoms with E-state index in [9.17, 15) is 14.0 Å². The molecule has 4 nitrogen and oxygen atoms in total. The number of amides is 1. The monoisotopic (exact) mass is 414 g/mol. The number of carbonyl (C=O) groups is 1. The molecule has 31 heavy (non-hydrogen) atoms. The molecule has 0 unspecified atom stereocenters. The first-order valence-corrected chi connectivity index (χ1v) is 10.3. The maximum absolute atomic E-state index is 14.8. The zero-order valence-electron chi connectivity index (χ0n) is 17.4. The van der Waals surface area contributed by atoms with Crippen molar-refractivity contribution in [3.63, 3.8) is 0 Å². The minimum Gasteiger partial charge on any atom is -0.345 e.